The monoisotopic (exact) mass is 417 g/mol. The number of carbonyl (C=O) groups is 3. The van der Waals surface area contributed by atoms with Crippen LogP contribution in [0.1, 0.15) is 30.9 Å². The Morgan fingerprint density at radius 3 is 2.36 bits per heavy atom. The van der Waals surface area contributed by atoms with Crippen LogP contribution in [0.25, 0.3) is 0 Å². The van der Waals surface area contributed by atoms with Gasteiger partial charge in [0.1, 0.15) is 0 Å². The maximum atomic E-state index is 12.2. The molecular weight excluding hydrogens is 398 g/mol. The zero-order valence-electron chi connectivity index (χ0n) is 15.2. The molecule has 1 amide bonds. The van der Waals surface area contributed by atoms with Crippen LogP contribution in [-0.4, -0.2) is 43.1 Å². The highest BCUT2D eigenvalue weighted by atomic mass is 32.2. The molecule has 0 spiro atoms. The summed E-state index contributed by atoms with van der Waals surface area (Å²) < 4.78 is 10.2. The van der Waals surface area contributed by atoms with E-state index in [2.05, 4.69) is 10.1 Å². The lowest BCUT2D eigenvalue weighted by Crippen LogP contribution is -2.22. The van der Waals surface area contributed by atoms with Gasteiger partial charge in [0.2, 0.25) is 0 Å². The zero-order valence-corrected chi connectivity index (χ0v) is 16.8. The number of benzene rings is 2. The summed E-state index contributed by atoms with van der Waals surface area (Å²) >= 11 is 3.78. The molecule has 0 unspecified atom stereocenters. The largest absolute Gasteiger partial charge is 0.465 e. The second kappa shape index (κ2) is 9.66. The van der Waals surface area contributed by atoms with Gasteiger partial charge in [-0.1, -0.05) is 24.3 Å². The smallest absolute Gasteiger partial charge is 0.339 e. The topological polar surface area (TPSA) is 81.7 Å². The van der Waals surface area contributed by atoms with Crippen molar-refractivity contribution in [2.45, 2.75) is 4.58 Å². The number of para-hydroxylation sites is 1. The zero-order chi connectivity index (χ0) is 19.9. The number of carbonyl (C=O) groups excluding carboxylic acids is 3. The number of hydrogen-bond donors (Lipinski definition) is 1. The Kier molecular flexibility index (Phi) is 7.00. The highest BCUT2D eigenvalue weighted by Gasteiger charge is 2.19. The van der Waals surface area contributed by atoms with E-state index in [-0.39, 0.29) is 5.56 Å². The molecule has 1 heterocycles. The molecule has 3 rings (SSSR count). The summed E-state index contributed by atoms with van der Waals surface area (Å²) in [5, 5.41) is 2.56. The predicted octanol–water partition coefficient (Wildman–Crippen LogP) is 3.75. The van der Waals surface area contributed by atoms with Crippen molar-refractivity contribution in [3.05, 3.63) is 65.2 Å². The van der Waals surface area contributed by atoms with E-state index in [0.29, 0.717) is 15.8 Å². The maximum Gasteiger partial charge on any atom is 0.339 e. The van der Waals surface area contributed by atoms with Gasteiger partial charge in [-0.25, -0.2) is 9.59 Å². The van der Waals surface area contributed by atoms with Crippen molar-refractivity contribution >= 4 is 47.1 Å². The summed E-state index contributed by atoms with van der Waals surface area (Å²) in [5.74, 6) is 0.585. The lowest BCUT2D eigenvalue weighted by molar-refractivity contribution is -0.119. The van der Waals surface area contributed by atoms with Crippen LogP contribution in [0.4, 0.5) is 5.69 Å². The van der Waals surface area contributed by atoms with Crippen molar-refractivity contribution < 1.29 is 23.9 Å². The van der Waals surface area contributed by atoms with E-state index >= 15 is 0 Å². The van der Waals surface area contributed by atoms with Crippen LogP contribution in [0.3, 0.4) is 0 Å². The molecule has 2 aromatic rings. The first-order chi connectivity index (χ1) is 13.6. The number of hydrogen-bond acceptors (Lipinski definition) is 7. The molecule has 0 bridgehead atoms. The molecule has 28 heavy (non-hydrogen) atoms. The lowest BCUT2D eigenvalue weighted by Gasteiger charge is -2.11. The number of thioether (sulfide) groups is 2. The first kappa shape index (κ1) is 20.3. The second-order valence-electron chi connectivity index (χ2n) is 5.86. The average Bonchev–Trinajstić information content (AvgIpc) is 3.27. The van der Waals surface area contributed by atoms with E-state index in [9.17, 15) is 14.4 Å². The predicted molar refractivity (Wildman–Crippen MR) is 111 cm³/mol. The number of ether oxygens (including phenoxy) is 2. The van der Waals surface area contributed by atoms with Crippen molar-refractivity contribution in [3.8, 4) is 0 Å². The highest BCUT2D eigenvalue weighted by Crippen LogP contribution is 2.45. The molecule has 2 aromatic carbocycles. The molecule has 1 N–H and O–H groups in total. The van der Waals surface area contributed by atoms with E-state index in [1.165, 1.54) is 18.7 Å². The number of nitrogens with one attached hydrogen (secondary N) is 1. The fourth-order valence-electron chi connectivity index (χ4n) is 2.61. The first-order valence-electron chi connectivity index (χ1n) is 8.56. The van der Waals surface area contributed by atoms with Crippen LogP contribution in [0.5, 0.6) is 0 Å². The van der Waals surface area contributed by atoms with Gasteiger partial charge in [0.25, 0.3) is 5.91 Å². The Bertz CT molecular complexity index is 863. The number of amides is 1. The van der Waals surface area contributed by atoms with Crippen molar-refractivity contribution in [2.75, 3.05) is 30.5 Å². The summed E-state index contributed by atoms with van der Waals surface area (Å²) in [5.41, 5.74) is 2.08. The van der Waals surface area contributed by atoms with Crippen molar-refractivity contribution in [1.82, 2.24) is 0 Å². The van der Waals surface area contributed by atoms with Gasteiger partial charge in [-0.3, -0.25) is 4.79 Å². The number of anilines is 1. The summed E-state index contributed by atoms with van der Waals surface area (Å²) in [7, 11) is 1.26. The number of methoxy groups -OCH3 is 1. The van der Waals surface area contributed by atoms with Crippen LogP contribution < -0.4 is 5.32 Å². The Morgan fingerprint density at radius 1 is 1.00 bits per heavy atom. The normalized spacial score (nSPS) is 13.8. The fraction of sp³-hybridized carbons (Fsp3) is 0.250. The van der Waals surface area contributed by atoms with Crippen LogP contribution in [0.2, 0.25) is 0 Å². The van der Waals surface area contributed by atoms with Crippen LogP contribution in [-0.2, 0) is 14.3 Å². The van der Waals surface area contributed by atoms with Crippen molar-refractivity contribution in [1.29, 1.82) is 0 Å². The van der Waals surface area contributed by atoms with E-state index in [1.807, 2.05) is 35.7 Å². The fourth-order valence-corrected chi connectivity index (χ4v) is 5.47. The first-order valence-corrected chi connectivity index (χ1v) is 10.7. The van der Waals surface area contributed by atoms with Crippen LogP contribution in [0, 0.1) is 0 Å². The molecule has 0 radical (unpaired) electrons. The minimum atomic E-state index is -0.574. The van der Waals surface area contributed by atoms with Crippen LogP contribution >= 0.6 is 23.5 Å². The van der Waals surface area contributed by atoms with Gasteiger partial charge >= 0.3 is 11.9 Å². The maximum absolute atomic E-state index is 12.2. The minimum Gasteiger partial charge on any atom is -0.465 e. The highest BCUT2D eigenvalue weighted by molar-refractivity contribution is 8.19. The van der Waals surface area contributed by atoms with Gasteiger partial charge in [-0.05, 0) is 29.8 Å². The average molecular weight is 418 g/mol. The van der Waals surface area contributed by atoms with E-state index in [4.69, 9.17) is 4.74 Å². The van der Waals surface area contributed by atoms with E-state index in [0.717, 1.165) is 11.5 Å². The van der Waals surface area contributed by atoms with E-state index < -0.39 is 24.5 Å². The van der Waals surface area contributed by atoms with Crippen LogP contribution in [0.15, 0.2) is 48.5 Å². The second-order valence-corrected chi connectivity index (χ2v) is 8.58. The number of rotatable bonds is 6. The lowest BCUT2D eigenvalue weighted by atomic mass is 10.1. The molecule has 0 atom stereocenters. The molecule has 146 valence electrons. The van der Waals surface area contributed by atoms with Gasteiger partial charge in [-0.15, -0.1) is 23.5 Å². The molecule has 0 saturated carbocycles. The quantitative estimate of drug-likeness (QED) is 0.717. The van der Waals surface area contributed by atoms with Gasteiger partial charge in [0.15, 0.2) is 6.61 Å². The van der Waals surface area contributed by atoms with Gasteiger partial charge in [0.05, 0.1) is 28.5 Å². The van der Waals surface area contributed by atoms with Crippen molar-refractivity contribution in [2.24, 2.45) is 0 Å². The van der Waals surface area contributed by atoms with Crippen molar-refractivity contribution in [3.63, 3.8) is 0 Å². The molecule has 1 aliphatic rings. The summed E-state index contributed by atoms with van der Waals surface area (Å²) in [6, 6.07) is 13.7. The molecule has 8 heteroatoms. The molecule has 1 saturated heterocycles. The third kappa shape index (κ3) is 5.08. The van der Waals surface area contributed by atoms with Gasteiger partial charge < -0.3 is 14.8 Å². The molecule has 6 nitrogen and oxygen atoms in total. The Labute approximate surface area is 171 Å². The molecular formula is C20H19NO5S2. The summed E-state index contributed by atoms with van der Waals surface area (Å²) in [6.45, 7) is -0.454. The van der Waals surface area contributed by atoms with Gasteiger partial charge in [-0.2, -0.15) is 0 Å². The SMILES string of the molecule is COC(=O)c1ccccc1NC(=O)COC(=O)c1ccc(C2SCCS2)cc1. The molecule has 1 fully saturated rings. The third-order valence-corrected chi connectivity index (χ3v) is 7.09. The molecule has 0 aliphatic carbocycles. The third-order valence-electron chi connectivity index (χ3n) is 3.98. The Morgan fingerprint density at radius 2 is 1.68 bits per heavy atom. The molecule has 1 aliphatic heterocycles. The summed E-state index contributed by atoms with van der Waals surface area (Å²) in [6.07, 6.45) is 0. The molecule has 0 aromatic heterocycles. The number of esters is 2. The minimum absolute atomic E-state index is 0.225. The van der Waals surface area contributed by atoms with E-state index in [1.54, 1.807) is 30.3 Å². The Hall–Kier alpha value is -2.45. The van der Waals surface area contributed by atoms with Gasteiger partial charge in [0, 0.05) is 11.5 Å². The Balaban J connectivity index is 1.54. The summed E-state index contributed by atoms with van der Waals surface area (Å²) in [4.78, 5) is 36.0. The standard InChI is InChI=1S/C20H19NO5S2/c1-25-19(24)15-4-2-3-5-16(15)21-17(22)12-26-18(23)13-6-8-14(9-7-13)20-27-10-11-28-20/h2-9,20H,10-12H2,1H3,(H,21,22).